The van der Waals surface area contributed by atoms with Gasteiger partial charge in [-0.1, -0.05) is 79.1 Å². The third-order valence-corrected chi connectivity index (χ3v) is 3.64. The summed E-state index contributed by atoms with van der Waals surface area (Å²) in [5.41, 5.74) is 0. The molecule has 18 heavy (non-hydrogen) atoms. The van der Waals surface area contributed by atoms with E-state index in [-0.39, 0.29) is 6.10 Å². The minimum Gasteiger partial charge on any atom is -0.393 e. The number of aliphatic hydroxyl groups excluding tert-OH is 1. The van der Waals surface area contributed by atoms with Crippen LogP contribution in [0.1, 0.15) is 91.9 Å². The van der Waals surface area contributed by atoms with Gasteiger partial charge in [0.15, 0.2) is 0 Å². The molecule has 0 atom stereocenters. The maximum absolute atomic E-state index is 9.87. The summed E-state index contributed by atoms with van der Waals surface area (Å²) in [5, 5.41) is 9.87. The van der Waals surface area contributed by atoms with Crippen LogP contribution in [0.15, 0.2) is 0 Å². The molecular weight excluding hydrogens is 220 g/mol. The van der Waals surface area contributed by atoms with E-state index in [0.717, 1.165) is 24.7 Å². The third-order valence-electron chi connectivity index (χ3n) is 3.64. The summed E-state index contributed by atoms with van der Waals surface area (Å²) < 4.78 is 0. The van der Waals surface area contributed by atoms with Crippen molar-refractivity contribution >= 4 is 0 Å². The fourth-order valence-electron chi connectivity index (χ4n) is 2.36. The van der Waals surface area contributed by atoms with Gasteiger partial charge in [-0.05, 0) is 24.7 Å². The molecule has 1 heteroatoms. The molecule has 0 aromatic rings. The lowest BCUT2D eigenvalue weighted by Crippen LogP contribution is -2.06. The van der Waals surface area contributed by atoms with Crippen LogP contribution in [0, 0.1) is 11.8 Å². The van der Waals surface area contributed by atoms with Gasteiger partial charge >= 0.3 is 0 Å². The minimum absolute atomic E-state index is 0.0388. The van der Waals surface area contributed by atoms with Crippen LogP contribution in [-0.2, 0) is 0 Å². The maximum atomic E-state index is 9.87. The normalized spacial score (nSPS) is 12.0. The molecule has 0 aliphatic carbocycles. The zero-order valence-electron chi connectivity index (χ0n) is 13.3. The smallest absolute Gasteiger partial charge is 0.0540 e. The number of hydrogen-bond acceptors (Lipinski definition) is 1. The molecule has 0 heterocycles. The Balaban J connectivity index is 3.19. The van der Waals surface area contributed by atoms with Gasteiger partial charge in [-0.15, -0.1) is 0 Å². The molecular formula is C17H36O. The first kappa shape index (κ1) is 18.0. The zero-order chi connectivity index (χ0) is 13.8. The second-order valence-electron chi connectivity index (χ2n) is 6.72. The van der Waals surface area contributed by atoms with Gasteiger partial charge in [0.25, 0.3) is 0 Å². The average molecular weight is 256 g/mol. The van der Waals surface area contributed by atoms with Crippen molar-refractivity contribution in [3.05, 3.63) is 0 Å². The van der Waals surface area contributed by atoms with Crippen molar-refractivity contribution in [2.45, 2.75) is 98.0 Å². The van der Waals surface area contributed by atoms with Gasteiger partial charge in [-0.25, -0.2) is 0 Å². The molecule has 0 aliphatic rings. The molecule has 0 aromatic heterocycles. The van der Waals surface area contributed by atoms with Crippen molar-refractivity contribution in [1.82, 2.24) is 0 Å². The topological polar surface area (TPSA) is 20.2 Å². The summed E-state index contributed by atoms with van der Waals surface area (Å²) in [5.74, 6) is 1.66. The summed E-state index contributed by atoms with van der Waals surface area (Å²) in [4.78, 5) is 0. The lowest BCUT2D eigenvalue weighted by atomic mass is 10.00. The molecule has 110 valence electrons. The van der Waals surface area contributed by atoms with E-state index >= 15 is 0 Å². The third kappa shape index (κ3) is 14.0. The molecule has 0 saturated heterocycles. The Bertz CT molecular complexity index is 145. The zero-order valence-corrected chi connectivity index (χ0v) is 13.3. The van der Waals surface area contributed by atoms with Gasteiger partial charge < -0.3 is 5.11 Å². The Morgan fingerprint density at radius 2 is 0.889 bits per heavy atom. The Morgan fingerprint density at radius 3 is 1.22 bits per heavy atom. The fourth-order valence-corrected chi connectivity index (χ4v) is 2.36. The summed E-state index contributed by atoms with van der Waals surface area (Å²) in [7, 11) is 0. The predicted molar refractivity (Wildman–Crippen MR) is 81.9 cm³/mol. The first-order valence-corrected chi connectivity index (χ1v) is 8.20. The van der Waals surface area contributed by atoms with Crippen LogP contribution in [0.25, 0.3) is 0 Å². The molecule has 0 saturated carbocycles. The van der Waals surface area contributed by atoms with Crippen molar-refractivity contribution in [2.75, 3.05) is 0 Å². The lowest BCUT2D eigenvalue weighted by molar-refractivity contribution is 0.147. The van der Waals surface area contributed by atoms with Crippen LogP contribution in [0.3, 0.4) is 0 Å². The molecule has 0 aromatic carbocycles. The SMILES string of the molecule is CC(C)CCCCCC(O)CCCCCC(C)C. The Morgan fingerprint density at radius 1 is 0.556 bits per heavy atom. The number of aliphatic hydroxyl groups is 1. The highest BCUT2D eigenvalue weighted by atomic mass is 16.3. The standard InChI is InChI=1S/C17H36O/c1-15(2)11-7-5-9-13-17(18)14-10-6-8-12-16(3)4/h15-18H,5-14H2,1-4H3. The summed E-state index contributed by atoms with van der Waals surface area (Å²) >= 11 is 0. The second kappa shape index (κ2) is 12.0. The summed E-state index contributed by atoms with van der Waals surface area (Å²) in [6.07, 6.45) is 12.3. The maximum Gasteiger partial charge on any atom is 0.0540 e. The number of hydrogen-bond donors (Lipinski definition) is 1. The van der Waals surface area contributed by atoms with Crippen LogP contribution in [0.2, 0.25) is 0 Å². The molecule has 0 rings (SSSR count). The van der Waals surface area contributed by atoms with Crippen LogP contribution in [-0.4, -0.2) is 11.2 Å². The quantitative estimate of drug-likeness (QED) is 0.453. The van der Waals surface area contributed by atoms with Gasteiger partial charge in [0, 0.05) is 0 Å². The van der Waals surface area contributed by atoms with Crippen LogP contribution < -0.4 is 0 Å². The second-order valence-corrected chi connectivity index (χ2v) is 6.72. The minimum atomic E-state index is -0.0388. The van der Waals surface area contributed by atoms with E-state index in [9.17, 15) is 5.11 Å². The Kier molecular flexibility index (Phi) is 12.0. The fraction of sp³-hybridized carbons (Fsp3) is 1.00. The molecule has 0 aliphatic heterocycles. The van der Waals surface area contributed by atoms with Crippen molar-refractivity contribution in [3.63, 3.8) is 0 Å². The van der Waals surface area contributed by atoms with E-state index in [1.807, 2.05) is 0 Å². The highest BCUT2D eigenvalue weighted by Gasteiger charge is 2.04. The molecule has 0 radical (unpaired) electrons. The van der Waals surface area contributed by atoms with E-state index < -0.39 is 0 Å². The molecule has 0 spiro atoms. The van der Waals surface area contributed by atoms with Gasteiger partial charge in [0.1, 0.15) is 0 Å². The van der Waals surface area contributed by atoms with Crippen LogP contribution in [0.4, 0.5) is 0 Å². The number of rotatable bonds is 12. The molecule has 0 unspecified atom stereocenters. The van der Waals surface area contributed by atoms with E-state index in [4.69, 9.17) is 0 Å². The van der Waals surface area contributed by atoms with Crippen molar-refractivity contribution in [1.29, 1.82) is 0 Å². The predicted octanol–water partition coefficient (Wildman–Crippen LogP) is 5.56. The van der Waals surface area contributed by atoms with Gasteiger partial charge in [0.05, 0.1) is 6.10 Å². The van der Waals surface area contributed by atoms with Crippen molar-refractivity contribution < 1.29 is 5.11 Å². The number of unbranched alkanes of at least 4 members (excludes halogenated alkanes) is 4. The largest absolute Gasteiger partial charge is 0.393 e. The Labute approximate surface area is 115 Å². The first-order valence-electron chi connectivity index (χ1n) is 8.20. The highest BCUT2D eigenvalue weighted by Crippen LogP contribution is 2.15. The molecule has 0 amide bonds. The molecule has 0 fully saturated rings. The average Bonchev–Trinajstić information content (AvgIpc) is 2.27. The summed E-state index contributed by atoms with van der Waals surface area (Å²) in [6.45, 7) is 9.13. The van der Waals surface area contributed by atoms with E-state index in [1.54, 1.807) is 0 Å². The monoisotopic (exact) mass is 256 g/mol. The van der Waals surface area contributed by atoms with Crippen LogP contribution >= 0.6 is 0 Å². The molecule has 1 N–H and O–H groups in total. The van der Waals surface area contributed by atoms with Crippen molar-refractivity contribution in [3.8, 4) is 0 Å². The van der Waals surface area contributed by atoms with Gasteiger partial charge in [-0.2, -0.15) is 0 Å². The first-order chi connectivity index (χ1) is 8.52. The van der Waals surface area contributed by atoms with Gasteiger partial charge in [0.2, 0.25) is 0 Å². The molecule has 1 nitrogen and oxygen atoms in total. The van der Waals surface area contributed by atoms with Gasteiger partial charge in [-0.3, -0.25) is 0 Å². The van der Waals surface area contributed by atoms with E-state index in [0.29, 0.717) is 0 Å². The van der Waals surface area contributed by atoms with E-state index in [1.165, 1.54) is 51.4 Å². The Hall–Kier alpha value is -0.0400. The highest BCUT2D eigenvalue weighted by molar-refractivity contribution is 4.58. The van der Waals surface area contributed by atoms with E-state index in [2.05, 4.69) is 27.7 Å². The van der Waals surface area contributed by atoms with Crippen molar-refractivity contribution in [2.24, 2.45) is 11.8 Å². The van der Waals surface area contributed by atoms with Crippen LogP contribution in [0.5, 0.6) is 0 Å². The molecule has 0 bridgehead atoms. The lowest BCUT2D eigenvalue weighted by Gasteiger charge is -2.11. The summed E-state index contributed by atoms with van der Waals surface area (Å²) in [6, 6.07) is 0.